The standard InChI is InChI=1S/C10H16O3S2/c1-15(12,13)10(11)7-3-2-5-9-6-4-8-14-9/h4,6,8,10-11H,2-3,5,7H2,1H3. The third kappa shape index (κ3) is 4.77. The lowest BCUT2D eigenvalue weighted by atomic mass is 10.2. The molecule has 0 saturated carbocycles. The normalized spacial score (nSPS) is 14.0. The number of thiophene rings is 1. The molecule has 1 aromatic rings. The van der Waals surface area contributed by atoms with Gasteiger partial charge in [-0.25, -0.2) is 8.42 Å². The molecule has 0 aliphatic carbocycles. The van der Waals surface area contributed by atoms with E-state index >= 15 is 0 Å². The van der Waals surface area contributed by atoms with Gasteiger partial charge in [0.15, 0.2) is 15.3 Å². The van der Waals surface area contributed by atoms with E-state index in [1.54, 1.807) is 11.3 Å². The van der Waals surface area contributed by atoms with Gasteiger partial charge in [0.25, 0.3) is 0 Å². The zero-order valence-corrected chi connectivity index (χ0v) is 10.4. The van der Waals surface area contributed by atoms with E-state index in [1.807, 2.05) is 11.4 Å². The second kappa shape index (κ2) is 5.63. The molecule has 1 rings (SSSR count). The van der Waals surface area contributed by atoms with Crippen LogP contribution in [0.3, 0.4) is 0 Å². The summed E-state index contributed by atoms with van der Waals surface area (Å²) >= 11 is 1.71. The Balaban J connectivity index is 2.17. The van der Waals surface area contributed by atoms with Crippen LogP contribution in [0.4, 0.5) is 0 Å². The van der Waals surface area contributed by atoms with Crippen LogP contribution in [0, 0.1) is 0 Å². The van der Waals surface area contributed by atoms with Crippen LogP contribution in [0.1, 0.15) is 24.1 Å². The van der Waals surface area contributed by atoms with Crippen molar-refractivity contribution in [2.45, 2.75) is 31.1 Å². The number of aliphatic hydroxyl groups is 1. The number of aliphatic hydroxyl groups excluding tert-OH is 1. The maximum Gasteiger partial charge on any atom is 0.173 e. The van der Waals surface area contributed by atoms with Gasteiger partial charge in [-0.2, -0.15) is 0 Å². The van der Waals surface area contributed by atoms with Crippen molar-refractivity contribution in [1.82, 2.24) is 0 Å². The summed E-state index contributed by atoms with van der Waals surface area (Å²) in [6.07, 6.45) is 4.04. The monoisotopic (exact) mass is 248 g/mol. The van der Waals surface area contributed by atoms with Crippen LogP contribution in [-0.4, -0.2) is 25.2 Å². The molecule has 0 bridgehead atoms. The minimum atomic E-state index is -3.28. The largest absolute Gasteiger partial charge is 0.377 e. The molecule has 3 nitrogen and oxygen atoms in total. The van der Waals surface area contributed by atoms with Crippen LogP contribution in [-0.2, 0) is 16.3 Å². The fraction of sp³-hybridized carbons (Fsp3) is 0.600. The fourth-order valence-corrected chi connectivity index (χ4v) is 2.63. The predicted octanol–water partition coefficient (Wildman–Crippen LogP) is 1.82. The summed E-state index contributed by atoms with van der Waals surface area (Å²) < 4.78 is 21.8. The summed E-state index contributed by atoms with van der Waals surface area (Å²) in [6.45, 7) is 0. The molecule has 86 valence electrons. The average Bonchev–Trinajstić information content (AvgIpc) is 2.63. The van der Waals surface area contributed by atoms with E-state index in [2.05, 4.69) is 6.07 Å². The Morgan fingerprint density at radius 1 is 1.47 bits per heavy atom. The van der Waals surface area contributed by atoms with E-state index < -0.39 is 15.3 Å². The molecule has 1 N–H and O–H groups in total. The second-order valence-electron chi connectivity index (χ2n) is 3.61. The SMILES string of the molecule is CS(=O)(=O)C(O)CCCCc1cccs1. The van der Waals surface area contributed by atoms with Crippen molar-refractivity contribution in [2.24, 2.45) is 0 Å². The molecule has 1 atom stereocenters. The first-order valence-electron chi connectivity index (χ1n) is 4.89. The molecule has 0 aliphatic heterocycles. The van der Waals surface area contributed by atoms with E-state index in [9.17, 15) is 13.5 Å². The molecule has 5 heteroatoms. The summed E-state index contributed by atoms with van der Waals surface area (Å²) in [4.78, 5) is 1.31. The van der Waals surface area contributed by atoms with Crippen molar-refractivity contribution in [1.29, 1.82) is 0 Å². The van der Waals surface area contributed by atoms with Gasteiger partial charge in [0.2, 0.25) is 0 Å². The molecular weight excluding hydrogens is 232 g/mol. The highest BCUT2D eigenvalue weighted by molar-refractivity contribution is 7.91. The zero-order valence-electron chi connectivity index (χ0n) is 8.72. The Morgan fingerprint density at radius 3 is 2.73 bits per heavy atom. The molecule has 0 spiro atoms. The maximum absolute atomic E-state index is 10.9. The Kier molecular flexibility index (Phi) is 4.76. The Hall–Kier alpha value is -0.390. The van der Waals surface area contributed by atoms with Crippen molar-refractivity contribution in [3.05, 3.63) is 22.4 Å². The van der Waals surface area contributed by atoms with Crippen molar-refractivity contribution >= 4 is 21.2 Å². The summed E-state index contributed by atoms with van der Waals surface area (Å²) in [5.41, 5.74) is -1.19. The van der Waals surface area contributed by atoms with Crippen molar-refractivity contribution < 1.29 is 13.5 Å². The smallest absolute Gasteiger partial charge is 0.173 e. The Labute approximate surface area is 94.7 Å². The summed E-state index contributed by atoms with van der Waals surface area (Å²) in [5.74, 6) is 0. The molecule has 0 radical (unpaired) electrons. The molecule has 0 fully saturated rings. The number of hydrogen-bond acceptors (Lipinski definition) is 4. The van der Waals surface area contributed by atoms with Gasteiger partial charge in [-0.05, 0) is 37.1 Å². The summed E-state index contributed by atoms with van der Waals surface area (Å²) in [6, 6.07) is 4.07. The predicted molar refractivity (Wildman–Crippen MR) is 62.7 cm³/mol. The van der Waals surface area contributed by atoms with E-state index in [0.29, 0.717) is 6.42 Å². The molecule has 0 aromatic carbocycles. The molecule has 0 aliphatic rings. The van der Waals surface area contributed by atoms with Gasteiger partial charge >= 0.3 is 0 Å². The lowest BCUT2D eigenvalue weighted by Crippen LogP contribution is -2.18. The van der Waals surface area contributed by atoms with Gasteiger partial charge in [0, 0.05) is 11.1 Å². The quantitative estimate of drug-likeness (QED) is 0.781. The van der Waals surface area contributed by atoms with E-state index in [0.717, 1.165) is 25.5 Å². The molecule has 1 heterocycles. The third-order valence-corrected chi connectivity index (χ3v) is 4.36. The summed E-state index contributed by atoms with van der Waals surface area (Å²) in [5, 5.41) is 11.3. The highest BCUT2D eigenvalue weighted by atomic mass is 32.2. The van der Waals surface area contributed by atoms with Crippen LogP contribution in [0.25, 0.3) is 0 Å². The van der Waals surface area contributed by atoms with Crippen molar-refractivity contribution in [3.63, 3.8) is 0 Å². The minimum Gasteiger partial charge on any atom is -0.377 e. The van der Waals surface area contributed by atoms with Gasteiger partial charge in [0.1, 0.15) is 0 Å². The number of hydrogen-bond donors (Lipinski definition) is 1. The first kappa shape index (κ1) is 12.7. The van der Waals surface area contributed by atoms with Crippen LogP contribution < -0.4 is 0 Å². The van der Waals surface area contributed by atoms with Crippen LogP contribution in [0.15, 0.2) is 17.5 Å². The third-order valence-electron chi connectivity index (χ3n) is 2.20. The molecule has 1 unspecified atom stereocenters. The molecule has 15 heavy (non-hydrogen) atoms. The Bertz CT molecular complexity index is 367. The van der Waals surface area contributed by atoms with Gasteiger partial charge < -0.3 is 5.11 Å². The number of rotatable bonds is 6. The lowest BCUT2D eigenvalue weighted by Gasteiger charge is -2.07. The lowest BCUT2D eigenvalue weighted by molar-refractivity contribution is 0.235. The summed E-state index contributed by atoms with van der Waals surface area (Å²) in [7, 11) is -3.28. The van der Waals surface area contributed by atoms with E-state index in [4.69, 9.17) is 0 Å². The zero-order chi connectivity index (χ0) is 11.3. The minimum absolute atomic E-state index is 0.338. The molecular formula is C10H16O3S2. The van der Waals surface area contributed by atoms with E-state index in [-0.39, 0.29) is 0 Å². The average molecular weight is 248 g/mol. The number of unbranched alkanes of at least 4 members (excludes halogenated alkanes) is 1. The number of aryl methyl sites for hydroxylation is 1. The molecule has 0 amide bonds. The topological polar surface area (TPSA) is 54.4 Å². The Morgan fingerprint density at radius 2 is 2.20 bits per heavy atom. The first-order valence-corrected chi connectivity index (χ1v) is 7.73. The van der Waals surface area contributed by atoms with Crippen LogP contribution >= 0.6 is 11.3 Å². The molecule has 1 aromatic heterocycles. The van der Waals surface area contributed by atoms with Gasteiger partial charge in [0.05, 0.1) is 0 Å². The van der Waals surface area contributed by atoms with Crippen molar-refractivity contribution in [2.75, 3.05) is 6.26 Å². The maximum atomic E-state index is 10.9. The van der Waals surface area contributed by atoms with Crippen LogP contribution in [0.2, 0.25) is 0 Å². The van der Waals surface area contributed by atoms with Gasteiger partial charge in [-0.1, -0.05) is 6.07 Å². The van der Waals surface area contributed by atoms with Crippen molar-refractivity contribution in [3.8, 4) is 0 Å². The highest BCUT2D eigenvalue weighted by Crippen LogP contribution is 2.14. The van der Waals surface area contributed by atoms with Gasteiger partial charge in [-0.3, -0.25) is 0 Å². The highest BCUT2D eigenvalue weighted by Gasteiger charge is 2.15. The first-order chi connectivity index (χ1) is 7.00. The second-order valence-corrected chi connectivity index (χ2v) is 6.84. The molecule has 0 saturated heterocycles. The van der Waals surface area contributed by atoms with Crippen LogP contribution in [0.5, 0.6) is 0 Å². The van der Waals surface area contributed by atoms with E-state index in [1.165, 1.54) is 4.88 Å². The fourth-order valence-electron chi connectivity index (χ4n) is 1.29. The van der Waals surface area contributed by atoms with Gasteiger partial charge in [-0.15, -0.1) is 11.3 Å². The number of sulfone groups is 1.